The van der Waals surface area contributed by atoms with Crippen LogP contribution in [0.1, 0.15) is 46.0 Å². The lowest BCUT2D eigenvalue weighted by Crippen LogP contribution is -2.47. The summed E-state index contributed by atoms with van der Waals surface area (Å²) in [5.41, 5.74) is 0. The van der Waals surface area contributed by atoms with Gasteiger partial charge in [0.1, 0.15) is 6.04 Å². The molecule has 19 heavy (non-hydrogen) atoms. The number of rotatable bonds is 8. The van der Waals surface area contributed by atoms with Gasteiger partial charge in [-0.2, -0.15) is 0 Å². The largest absolute Gasteiger partial charge is 0.468 e. The van der Waals surface area contributed by atoms with E-state index in [9.17, 15) is 4.79 Å². The van der Waals surface area contributed by atoms with Crippen molar-refractivity contribution < 1.29 is 9.53 Å². The van der Waals surface area contributed by atoms with Crippen molar-refractivity contribution in [2.75, 3.05) is 33.3 Å². The van der Waals surface area contributed by atoms with Crippen molar-refractivity contribution in [3.63, 3.8) is 0 Å². The third kappa shape index (κ3) is 5.49. The van der Waals surface area contributed by atoms with Gasteiger partial charge in [-0.05, 0) is 31.8 Å². The fourth-order valence-corrected chi connectivity index (χ4v) is 2.95. The standard InChI is InChI=1S/C15H30N2O2/c1-4-17(5-2)12-11-16-14(15(18)19-3)13-9-7-6-8-10-13/h13-14,16H,4-12H2,1-3H3. The molecule has 4 heteroatoms. The van der Waals surface area contributed by atoms with Gasteiger partial charge in [0.2, 0.25) is 0 Å². The summed E-state index contributed by atoms with van der Waals surface area (Å²) in [7, 11) is 1.49. The molecule has 1 atom stereocenters. The molecule has 0 aliphatic heterocycles. The quantitative estimate of drug-likeness (QED) is 0.685. The highest BCUT2D eigenvalue weighted by molar-refractivity contribution is 5.76. The maximum absolute atomic E-state index is 11.9. The SMILES string of the molecule is CCN(CC)CCNC(C(=O)OC)C1CCCCC1. The van der Waals surface area contributed by atoms with Crippen molar-refractivity contribution in [3.8, 4) is 0 Å². The van der Waals surface area contributed by atoms with Crippen molar-refractivity contribution in [2.45, 2.75) is 52.0 Å². The minimum Gasteiger partial charge on any atom is -0.468 e. The van der Waals surface area contributed by atoms with E-state index in [1.807, 2.05) is 0 Å². The number of hydrogen-bond acceptors (Lipinski definition) is 4. The predicted molar refractivity (Wildman–Crippen MR) is 78.2 cm³/mol. The van der Waals surface area contributed by atoms with Crippen LogP contribution in [0, 0.1) is 5.92 Å². The third-order valence-electron chi connectivity index (χ3n) is 4.26. The average molecular weight is 270 g/mol. The zero-order valence-corrected chi connectivity index (χ0v) is 12.8. The third-order valence-corrected chi connectivity index (χ3v) is 4.26. The van der Waals surface area contributed by atoms with Crippen molar-refractivity contribution in [3.05, 3.63) is 0 Å². The summed E-state index contributed by atoms with van der Waals surface area (Å²) in [6.45, 7) is 8.31. The molecule has 1 N–H and O–H groups in total. The number of esters is 1. The Hall–Kier alpha value is -0.610. The highest BCUT2D eigenvalue weighted by Crippen LogP contribution is 2.26. The van der Waals surface area contributed by atoms with Gasteiger partial charge < -0.3 is 15.0 Å². The first kappa shape index (κ1) is 16.4. The smallest absolute Gasteiger partial charge is 0.323 e. The van der Waals surface area contributed by atoms with Crippen LogP contribution in [0.3, 0.4) is 0 Å². The second kappa shape index (κ2) is 9.32. The normalized spacial score (nSPS) is 18.5. The van der Waals surface area contributed by atoms with E-state index in [0.717, 1.165) is 39.0 Å². The summed E-state index contributed by atoms with van der Waals surface area (Å²) in [6.07, 6.45) is 6.10. The molecule has 1 unspecified atom stereocenters. The summed E-state index contributed by atoms with van der Waals surface area (Å²) in [4.78, 5) is 14.3. The molecule has 1 rings (SSSR count). The van der Waals surface area contributed by atoms with E-state index < -0.39 is 0 Å². The molecule has 0 saturated heterocycles. The molecule has 4 nitrogen and oxygen atoms in total. The van der Waals surface area contributed by atoms with Crippen LogP contribution >= 0.6 is 0 Å². The molecule has 0 aromatic rings. The van der Waals surface area contributed by atoms with Gasteiger partial charge in [0.15, 0.2) is 0 Å². The van der Waals surface area contributed by atoms with Gasteiger partial charge in [-0.15, -0.1) is 0 Å². The van der Waals surface area contributed by atoms with E-state index in [0.29, 0.717) is 5.92 Å². The fraction of sp³-hybridized carbons (Fsp3) is 0.933. The molecule has 1 aliphatic rings. The molecular weight excluding hydrogens is 240 g/mol. The van der Waals surface area contributed by atoms with Crippen molar-refractivity contribution >= 4 is 5.97 Å². The average Bonchev–Trinajstić information content (AvgIpc) is 2.48. The van der Waals surface area contributed by atoms with Crippen LogP contribution in [0.15, 0.2) is 0 Å². The Morgan fingerprint density at radius 2 is 1.89 bits per heavy atom. The Balaban J connectivity index is 2.43. The monoisotopic (exact) mass is 270 g/mol. The summed E-state index contributed by atoms with van der Waals surface area (Å²) >= 11 is 0. The lowest BCUT2D eigenvalue weighted by atomic mass is 9.84. The van der Waals surface area contributed by atoms with Crippen LogP contribution in [0.4, 0.5) is 0 Å². The number of carbonyl (C=O) groups is 1. The molecule has 0 heterocycles. The zero-order valence-electron chi connectivity index (χ0n) is 12.8. The molecule has 1 fully saturated rings. The van der Waals surface area contributed by atoms with Crippen LogP contribution in [0.5, 0.6) is 0 Å². The second-order valence-electron chi connectivity index (χ2n) is 5.38. The first-order valence-electron chi connectivity index (χ1n) is 7.76. The zero-order chi connectivity index (χ0) is 14.1. The van der Waals surface area contributed by atoms with E-state index in [2.05, 4.69) is 24.1 Å². The molecule has 112 valence electrons. The molecule has 1 saturated carbocycles. The Kier molecular flexibility index (Phi) is 8.07. The number of hydrogen-bond donors (Lipinski definition) is 1. The number of nitrogens with one attached hydrogen (secondary N) is 1. The lowest BCUT2D eigenvalue weighted by molar-refractivity contribution is -0.145. The maximum atomic E-state index is 11.9. The molecule has 0 aromatic heterocycles. The van der Waals surface area contributed by atoms with Gasteiger partial charge in [0, 0.05) is 13.1 Å². The molecule has 0 amide bonds. The molecule has 0 bridgehead atoms. The van der Waals surface area contributed by atoms with E-state index in [-0.39, 0.29) is 12.0 Å². The number of carbonyl (C=O) groups excluding carboxylic acids is 1. The maximum Gasteiger partial charge on any atom is 0.323 e. The summed E-state index contributed by atoms with van der Waals surface area (Å²) in [5, 5.41) is 3.42. The van der Waals surface area contributed by atoms with Crippen LogP contribution in [0.2, 0.25) is 0 Å². The fourth-order valence-electron chi connectivity index (χ4n) is 2.95. The number of nitrogens with zero attached hydrogens (tertiary/aromatic N) is 1. The van der Waals surface area contributed by atoms with E-state index >= 15 is 0 Å². The van der Waals surface area contributed by atoms with E-state index in [1.54, 1.807) is 0 Å². The first-order chi connectivity index (χ1) is 9.22. The summed E-state index contributed by atoms with van der Waals surface area (Å²) < 4.78 is 4.96. The number of likely N-dealkylation sites (N-methyl/N-ethyl adjacent to an activating group) is 1. The first-order valence-corrected chi connectivity index (χ1v) is 7.76. The molecule has 1 aliphatic carbocycles. The summed E-state index contributed by atoms with van der Waals surface area (Å²) in [6, 6.07) is -0.110. The molecule has 0 spiro atoms. The predicted octanol–water partition coefficient (Wildman–Crippen LogP) is 2.04. The van der Waals surface area contributed by atoms with Gasteiger partial charge in [0.25, 0.3) is 0 Å². The lowest BCUT2D eigenvalue weighted by Gasteiger charge is -2.30. The van der Waals surface area contributed by atoms with Crippen LogP contribution in [-0.2, 0) is 9.53 Å². The van der Waals surface area contributed by atoms with Gasteiger partial charge in [-0.3, -0.25) is 4.79 Å². The molecule has 0 radical (unpaired) electrons. The van der Waals surface area contributed by atoms with Crippen molar-refractivity contribution in [1.29, 1.82) is 0 Å². The van der Waals surface area contributed by atoms with Gasteiger partial charge in [-0.1, -0.05) is 33.1 Å². The minimum atomic E-state index is -0.110. The van der Waals surface area contributed by atoms with Crippen LogP contribution < -0.4 is 5.32 Å². The van der Waals surface area contributed by atoms with Crippen molar-refractivity contribution in [1.82, 2.24) is 10.2 Å². The molecule has 0 aromatic carbocycles. The van der Waals surface area contributed by atoms with Crippen molar-refractivity contribution in [2.24, 2.45) is 5.92 Å². The highest BCUT2D eigenvalue weighted by Gasteiger charge is 2.29. The van der Waals surface area contributed by atoms with E-state index in [1.165, 1.54) is 26.4 Å². The van der Waals surface area contributed by atoms with Crippen LogP contribution in [-0.4, -0.2) is 50.2 Å². The Labute approximate surface area is 117 Å². The summed E-state index contributed by atoms with van der Waals surface area (Å²) in [5.74, 6) is 0.365. The molecular formula is C15H30N2O2. The minimum absolute atomic E-state index is 0.0913. The Bertz CT molecular complexity index is 249. The highest BCUT2D eigenvalue weighted by atomic mass is 16.5. The van der Waals surface area contributed by atoms with Gasteiger partial charge in [0.05, 0.1) is 7.11 Å². The van der Waals surface area contributed by atoms with Gasteiger partial charge >= 0.3 is 5.97 Å². The van der Waals surface area contributed by atoms with E-state index in [4.69, 9.17) is 4.74 Å². The Morgan fingerprint density at radius 3 is 2.42 bits per heavy atom. The van der Waals surface area contributed by atoms with Crippen LogP contribution in [0.25, 0.3) is 0 Å². The number of methoxy groups -OCH3 is 1. The Morgan fingerprint density at radius 1 is 1.26 bits per heavy atom. The topological polar surface area (TPSA) is 41.6 Å². The van der Waals surface area contributed by atoms with Gasteiger partial charge in [-0.25, -0.2) is 0 Å². The second-order valence-corrected chi connectivity index (χ2v) is 5.38. The number of ether oxygens (including phenoxy) is 1.